The fourth-order valence-corrected chi connectivity index (χ4v) is 1.80. The Morgan fingerprint density at radius 3 is 1.86 bits per heavy atom. The van der Waals surface area contributed by atoms with Crippen molar-refractivity contribution in [2.45, 2.75) is 0 Å². The molecule has 0 spiro atoms. The monoisotopic (exact) mass is 316 g/mol. The summed E-state index contributed by atoms with van der Waals surface area (Å²) in [6.07, 6.45) is 2.78. The SMILES string of the molecule is O=CC(=Cc1ccccc1)[c-]1cccc1.[Fe].[cH-]1[cH-][cH-][cH-][cH-]1. The Balaban J connectivity index is 0.000000313. The van der Waals surface area contributed by atoms with E-state index in [2.05, 4.69) is 0 Å². The molecule has 0 heterocycles. The van der Waals surface area contributed by atoms with Crippen LogP contribution in [0.2, 0.25) is 0 Å². The third-order valence-electron chi connectivity index (χ3n) is 2.80. The van der Waals surface area contributed by atoms with Gasteiger partial charge in [-0.1, -0.05) is 47.0 Å². The number of hydrogen-bond donors (Lipinski definition) is 0. The molecule has 0 saturated carbocycles. The van der Waals surface area contributed by atoms with Gasteiger partial charge >= 0.3 is 0 Å². The van der Waals surface area contributed by atoms with Crippen molar-refractivity contribution in [3.05, 3.63) is 96.1 Å². The van der Waals surface area contributed by atoms with Gasteiger partial charge in [-0.15, -0.1) is 18.2 Å². The Labute approximate surface area is 136 Å². The first-order valence-electron chi connectivity index (χ1n) is 6.51. The maximum absolute atomic E-state index is 10.9. The molecule has 0 aliphatic heterocycles. The van der Waals surface area contributed by atoms with Crippen LogP contribution in [0.15, 0.2) is 84.9 Å². The molecular formula is C19H16FeO-6. The molecule has 2 heteroatoms. The fraction of sp³-hybridized carbons (Fsp3) is 0. The summed E-state index contributed by atoms with van der Waals surface area (Å²) in [5.41, 5.74) is 2.72. The van der Waals surface area contributed by atoms with E-state index in [-0.39, 0.29) is 17.1 Å². The van der Waals surface area contributed by atoms with Crippen LogP contribution in [-0.4, -0.2) is 6.29 Å². The molecule has 3 rings (SSSR count). The first kappa shape index (κ1) is 16.9. The second-order valence-electron chi connectivity index (χ2n) is 4.26. The maximum Gasteiger partial charge on any atom is 0.0833 e. The molecule has 0 unspecified atom stereocenters. The number of rotatable bonds is 3. The smallest absolute Gasteiger partial charge is 0.0833 e. The van der Waals surface area contributed by atoms with Gasteiger partial charge in [0.2, 0.25) is 0 Å². The van der Waals surface area contributed by atoms with Gasteiger partial charge in [-0.2, -0.15) is 12.1 Å². The Bertz CT molecular complexity index is 602. The molecule has 0 N–H and O–H groups in total. The summed E-state index contributed by atoms with van der Waals surface area (Å²) in [4.78, 5) is 10.9. The van der Waals surface area contributed by atoms with Crippen LogP contribution in [0.1, 0.15) is 11.1 Å². The number of hydrogen-bond acceptors (Lipinski definition) is 1. The Hall–Kier alpha value is -2.15. The molecule has 0 amide bonds. The molecule has 0 saturated heterocycles. The van der Waals surface area contributed by atoms with Crippen LogP contribution < -0.4 is 0 Å². The quantitative estimate of drug-likeness (QED) is 0.300. The third kappa shape index (κ3) is 5.78. The molecule has 0 aromatic heterocycles. The molecule has 0 aliphatic carbocycles. The van der Waals surface area contributed by atoms with Crippen LogP contribution in [0.25, 0.3) is 11.6 Å². The van der Waals surface area contributed by atoms with Crippen LogP contribution in [0.4, 0.5) is 0 Å². The van der Waals surface area contributed by atoms with Crippen LogP contribution in [0.3, 0.4) is 0 Å². The van der Waals surface area contributed by atoms with Gasteiger partial charge in [-0.25, -0.2) is 0 Å². The van der Waals surface area contributed by atoms with Gasteiger partial charge in [-0.05, 0) is 0 Å². The molecule has 0 aliphatic rings. The third-order valence-corrected chi connectivity index (χ3v) is 2.80. The van der Waals surface area contributed by atoms with E-state index in [0.717, 1.165) is 17.4 Å². The molecule has 0 radical (unpaired) electrons. The predicted octanol–water partition coefficient (Wildman–Crippen LogP) is 4.55. The first-order chi connectivity index (χ1) is 9.90. The Kier molecular flexibility index (Phi) is 7.81. The van der Waals surface area contributed by atoms with Gasteiger partial charge in [0.25, 0.3) is 0 Å². The van der Waals surface area contributed by atoms with Gasteiger partial charge in [0, 0.05) is 17.1 Å². The van der Waals surface area contributed by atoms with Gasteiger partial charge in [-0.3, -0.25) is 0 Å². The molecule has 3 aromatic rings. The van der Waals surface area contributed by atoms with Crippen molar-refractivity contribution in [2.24, 2.45) is 0 Å². The van der Waals surface area contributed by atoms with E-state index in [0.29, 0.717) is 5.57 Å². The van der Waals surface area contributed by atoms with Crippen LogP contribution >= 0.6 is 0 Å². The average molecular weight is 316 g/mol. The van der Waals surface area contributed by atoms with Gasteiger partial charge in [0.1, 0.15) is 0 Å². The Morgan fingerprint density at radius 1 is 0.857 bits per heavy atom. The van der Waals surface area contributed by atoms with Crippen molar-refractivity contribution in [2.75, 3.05) is 0 Å². The van der Waals surface area contributed by atoms with E-state index in [1.807, 2.05) is 91.0 Å². The summed E-state index contributed by atoms with van der Waals surface area (Å²) in [7, 11) is 0. The number of carbonyl (C=O) groups excluding carboxylic acids is 1. The summed E-state index contributed by atoms with van der Waals surface area (Å²) in [5, 5.41) is 0. The van der Waals surface area contributed by atoms with E-state index >= 15 is 0 Å². The zero-order valence-electron chi connectivity index (χ0n) is 11.5. The van der Waals surface area contributed by atoms with Crippen LogP contribution in [0.5, 0.6) is 0 Å². The second kappa shape index (κ2) is 9.71. The molecule has 1 nitrogen and oxygen atoms in total. The maximum atomic E-state index is 10.9. The summed E-state index contributed by atoms with van der Waals surface area (Å²) < 4.78 is 0. The van der Waals surface area contributed by atoms with E-state index in [1.165, 1.54) is 0 Å². The van der Waals surface area contributed by atoms with E-state index < -0.39 is 0 Å². The van der Waals surface area contributed by atoms with Crippen molar-refractivity contribution >= 4 is 17.9 Å². The topological polar surface area (TPSA) is 17.1 Å². The zero-order valence-corrected chi connectivity index (χ0v) is 12.6. The molecule has 0 fully saturated rings. The second-order valence-corrected chi connectivity index (χ2v) is 4.26. The predicted molar refractivity (Wildman–Crippen MR) is 84.4 cm³/mol. The van der Waals surface area contributed by atoms with Crippen LogP contribution in [-0.2, 0) is 21.9 Å². The minimum absolute atomic E-state index is 0. The van der Waals surface area contributed by atoms with Gasteiger partial charge in [0.05, 0.1) is 6.29 Å². The summed E-state index contributed by atoms with van der Waals surface area (Å²) in [5.74, 6) is 0. The van der Waals surface area contributed by atoms with Gasteiger partial charge < -0.3 is 35.1 Å². The Morgan fingerprint density at radius 2 is 1.38 bits per heavy atom. The van der Waals surface area contributed by atoms with Crippen molar-refractivity contribution in [3.8, 4) is 0 Å². The number of allylic oxidation sites excluding steroid dienone is 1. The number of benzene rings is 1. The number of aldehydes is 1. The fourth-order valence-electron chi connectivity index (χ4n) is 1.80. The first-order valence-corrected chi connectivity index (χ1v) is 6.51. The van der Waals surface area contributed by atoms with Gasteiger partial charge in [0.15, 0.2) is 0 Å². The van der Waals surface area contributed by atoms with E-state index in [1.54, 1.807) is 0 Å². The standard InChI is InChI=1S/C14H11O.C5H5.Fe/c15-11-14(13-8-4-5-9-13)10-12-6-2-1-3-7-12;1-2-4-5-3-1;/h1-11H;1-5H;/q-1;-5;. The minimum Gasteiger partial charge on any atom is -0.748 e. The number of carbonyl (C=O) groups is 1. The average Bonchev–Trinajstić information content (AvgIpc) is 3.21. The zero-order chi connectivity index (χ0) is 14.0. The van der Waals surface area contributed by atoms with Crippen molar-refractivity contribution in [3.63, 3.8) is 0 Å². The minimum atomic E-state index is 0. The molecule has 112 valence electrons. The van der Waals surface area contributed by atoms with E-state index in [9.17, 15) is 4.79 Å². The van der Waals surface area contributed by atoms with Crippen molar-refractivity contribution < 1.29 is 21.9 Å². The molecule has 0 atom stereocenters. The molecule has 0 bridgehead atoms. The molecule has 3 aromatic carbocycles. The van der Waals surface area contributed by atoms with E-state index in [4.69, 9.17) is 0 Å². The summed E-state index contributed by atoms with van der Waals surface area (Å²) >= 11 is 0. The van der Waals surface area contributed by atoms with Crippen molar-refractivity contribution in [1.29, 1.82) is 0 Å². The summed E-state index contributed by atoms with van der Waals surface area (Å²) in [6.45, 7) is 0. The largest absolute Gasteiger partial charge is 0.748 e. The molecule has 21 heavy (non-hydrogen) atoms. The van der Waals surface area contributed by atoms with Crippen molar-refractivity contribution in [1.82, 2.24) is 0 Å². The normalized spacial score (nSPS) is 10.0. The molecular weight excluding hydrogens is 300 g/mol. The van der Waals surface area contributed by atoms with Crippen LogP contribution in [0, 0.1) is 0 Å². The summed E-state index contributed by atoms with van der Waals surface area (Å²) in [6, 6.07) is 27.6.